The second-order valence-corrected chi connectivity index (χ2v) is 7.41. The molecule has 0 radical (unpaired) electrons. The number of nitrogens with zero attached hydrogens (tertiary/aromatic N) is 2. The topological polar surface area (TPSA) is 64.0 Å². The average Bonchev–Trinajstić information content (AvgIpc) is 2.80. The summed E-state index contributed by atoms with van der Waals surface area (Å²) in [7, 11) is -1.40. The van der Waals surface area contributed by atoms with Gasteiger partial charge in [-0.15, -0.1) is 0 Å². The molecule has 3 rings (SSSR count). The van der Waals surface area contributed by atoms with Crippen LogP contribution in [0, 0.1) is 6.92 Å². The van der Waals surface area contributed by atoms with E-state index in [1.54, 1.807) is 0 Å². The monoisotopic (exact) mass is 329 g/mol. The van der Waals surface area contributed by atoms with E-state index >= 15 is 0 Å². The molecule has 23 heavy (non-hydrogen) atoms. The number of sulfonamides is 1. The van der Waals surface area contributed by atoms with Crippen LogP contribution in [0.4, 0.5) is 0 Å². The van der Waals surface area contributed by atoms with Crippen molar-refractivity contribution < 1.29 is 8.42 Å². The predicted octanol–water partition coefficient (Wildman–Crippen LogP) is 2.50. The van der Waals surface area contributed by atoms with Crippen LogP contribution in [0.1, 0.15) is 17.0 Å². The maximum absolute atomic E-state index is 12.2. The lowest BCUT2D eigenvalue weighted by molar-refractivity contribution is 0.580. The van der Waals surface area contributed by atoms with Crippen molar-refractivity contribution in [3.8, 4) is 0 Å². The van der Waals surface area contributed by atoms with Gasteiger partial charge in [0.2, 0.25) is 10.0 Å². The third-order valence-electron chi connectivity index (χ3n) is 3.86. The summed E-state index contributed by atoms with van der Waals surface area (Å²) < 4.78 is 29.0. The second-order valence-electron chi connectivity index (χ2n) is 5.61. The third-order valence-corrected chi connectivity index (χ3v) is 5.16. The van der Waals surface area contributed by atoms with Crippen LogP contribution in [-0.4, -0.2) is 18.0 Å². The Labute approximate surface area is 136 Å². The largest absolute Gasteiger partial charge is 0.331 e. The van der Waals surface area contributed by atoms with Crippen molar-refractivity contribution in [3.05, 3.63) is 65.5 Å². The summed E-state index contributed by atoms with van der Waals surface area (Å²) in [5.41, 5.74) is 3.59. The lowest BCUT2D eigenvalue weighted by atomic mass is 10.2. The SMILES string of the molecule is Cc1nc2cc(CNS(=O)(=O)Cc3ccccc3)ccc2n1C. The average molecular weight is 329 g/mol. The van der Waals surface area contributed by atoms with Gasteiger partial charge in [0.15, 0.2) is 0 Å². The maximum atomic E-state index is 12.2. The van der Waals surface area contributed by atoms with Crippen molar-refractivity contribution in [2.24, 2.45) is 7.05 Å². The maximum Gasteiger partial charge on any atom is 0.216 e. The smallest absolute Gasteiger partial charge is 0.216 e. The Morgan fingerprint density at radius 1 is 1.09 bits per heavy atom. The normalized spacial score (nSPS) is 11.9. The summed E-state index contributed by atoms with van der Waals surface area (Å²) in [6.07, 6.45) is 0. The zero-order chi connectivity index (χ0) is 16.4. The van der Waals surface area contributed by atoms with E-state index in [4.69, 9.17) is 0 Å². The van der Waals surface area contributed by atoms with Crippen LogP contribution in [0.25, 0.3) is 11.0 Å². The van der Waals surface area contributed by atoms with Crippen LogP contribution in [0.3, 0.4) is 0 Å². The van der Waals surface area contributed by atoms with E-state index in [0.29, 0.717) is 0 Å². The lowest BCUT2D eigenvalue weighted by Crippen LogP contribution is -2.24. The summed E-state index contributed by atoms with van der Waals surface area (Å²) in [5, 5.41) is 0. The van der Waals surface area contributed by atoms with Gasteiger partial charge >= 0.3 is 0 Å². The lowest BCUT2D eigenvalue weighted by Gasteiger charge is -2.07. The molecule has 0 spiro atoms. The van der Waals surface area contributed by atoms with Crippen molar-refractivity contribution in [2.45, 2.75) is 19.2 Å². The molecular formula is C17H19N3O2S. The van der Waals surface area contributed by atoms with Crippen molar-refractivity contribution in [1.29, 1.82) is 0 Å². The van der Waals surface area contributed by atoms with E-state index in [-0.39, 0.29) is 12.3 Å². The molecule has 120 valence electrons. The van der Waals surface area contributed by atoms with E-state index in [1.807, 2.05) is 67.1 Å². The van der Waals surface area contributed by atoms with Crippen molar-refractivity contribution in [3.63, 3.8) is 0 Å². The molecule has 0 aliphatic heterocycles. The van der Waals surface area contributed by atoms with Crippen molar-refractivity contribution in [1.82, 2.24) is 14.3 Å². The van der Waals surface area contributed by atoms with E-state index < -0.39 is 10.0 Å². The molecule has 0 unspecified atom stereocenters. The molecule has 0 aliphatic rings. The molecule has 0 amide bonds. The summed E-state index contributed by atoms with van der Waals surface area (Å²) in [5.74, 6) is 0.917. The first-order valence-electron chi connectivity index (χ1n) is 7.38. The van der Waals surface area contributed by atoms with Gasteiger partial charge in [-0.1, -0.05) is 36.4 Å². The molecule has 0 saturated heterocycles. The molecule has 0 atom stereocenters. The number of nitrogens with one attached hydrogen (secondary N) is 1. The summed E-state index contributed by atoms with van der Waals surface area (Å²) in [6.45, 7) is 2.21. The molecule has 1 aromatic heterocycles. The van der Waals surface area contributed by atoms with Gasteiger partial charge in [-0.05, 0) is 30.2 Å². The first-order chi connectivity index (χ1) is 10.9. The molecule has 0 bridgehead atoms. The molecule has 0 aliphatic carbocycles. The Morgan fingerprint density at radius 3 is 2.57 bits per heavy atom. The molecule has 6 heteroatoms. The molecular weight excluding hydrogens is 310 g/mol. The Bertz CT molecular complexity index is 931. The van der Waals surface area contributed by atoms with Crippen LogP contribution >= 0.6 is 0 Å². The highest BCUT2D eigenvalue weighted by Gasteiger charge is 2.12. The van der Waals surface area contributed by atoms with Gasteiger partial charge in [0.25, 0.3) is 0 Å². The van der Waals surface area contributed by atoms with Crippen LogP contribution in [0.5, 0.6) is 0 Å². The zero-order valence-electron chi connectivity index (χ0n) is 13.2. The molecule has 5 nitrogen and oxygen atoms in total. The molecule has 1 heterocycles. The van der Waals surface area contributed by atoms with Crippen LogP contribution in [0.15, 0.2) is 48.5 Å². The number of imidazole rings is 1. The highest BCUT2D eigenvalue weighted by Crippen LogP contribution is 2.16. The van der Waals surface area contributed by atoms with Gasteiger partial charge in [-0.25, -0.2) is 18.1 Å². The molecule has 3 aromatic rings. The highest BCUT2D eigenvalue weighted by atomic mass is 32.2. The van der Waals surface area contributed by atoms with Crippen LogP contribution in [-0.2, 0) is 29.4 Å². The van der Waals surface area contributed by atoms with Gasteiger partial charge in [0.05, 0.1) is 16.8 Å². The minimum atomic E-state index is -3.36. The van der Waals surface area contributed by atoms with Gasteiger partial charge in [-0.3, -0.25) is 0 Å². The fourth-order valence-electron chi connectivity index (χ4n) is 2.51. The number of hydrogen-bond acceptors (Lipinski definition) is 3. The first-order valence-corrected chi connectivity index (χ1v) is 9.03. The van der Waals surface area contributed by atoms with E-state index in [0.717, 1.165) is 28.0 Å². The minimum absolute atomic E-state index is 0.0151. The van der Waals surface area contributed by atoms with E-state index in [2.05, 4.69) is 9.71 Å². The zero-order valence-corrected chi connectivity index (χ0v) is 14.0. The standard InChI is InChI=1S/C17H19N3O2S/c1-13-19-16-10-15(8-9-17(16)20(13)2)11-18-23(21,22)12-14-6-4-3-5-7-14/h3-10,18H,11-12H2,1-2H3. The van der Waals surface area contributed by atoms with E-state index in [9.17, 15) is 8.42 Å². The quantitative estimate of drug-likeness (QED) is 0.782. The van der Waals surface area contributed by atoms with E-state index in [1.165, 1.54) is 0 Å². The fraction of sp³-hybridized carbons (Fsp3) is 0.235. The Kier molecular flexibility index (Phi) is 4.19. The van der Waals surface area contributed by atoms with Gasteiger partial charge in [-0.2, -0.15) is 0 Å². The second kappa shape index (κ2) is 6.14. The molecule has 0 fully saturated rings. The number of rotatable bonds is 5. The molecule has 1 N–H and O–H groups in total. The van der Waals surface area contributed by atoms with Gasteiger partial charge in [0.1, 0.15) is 5.82 Å². The number of aryl methyl sites for hydroxylation is 2. The fourth-order valence-corrected chi connectivity index (χ4v) is 3.63. The number of fused-ring (bicyclic) bond motifs is 1. The van der Waals surface area contributed by atoms with Crippen LogP contribution < -0.4 is 4.72 Å². The highest BCUT2D eigenvalue weighted by molar-refractivity contribution is 7.88. The van der Waals surface area contributed by atoms with Crippen LogP contribution in [0.2, 0.25) is 0 Å². The Hall–Kier alpha value is -2.18. The summed E-state index contributed by atoms with van der Waals surface area (Å²) in [6, 6.07) is 15.0. The molecule has 0 saturated carbocycles. The predicted molar refractivity (Wildman–Crippen MR) is 91.4 cm³/mol. The number of aromatic nitrogens is 2. The molecule has 2 aromatic carbocycles. The third kappa shape index (κ3) is 3.60. The number of benzene rings is 2. The van der Waals surface area contributed by atoms with Gasteiger partial charge in [0, 0.05) is 13.6 Å². The summed E-state index contributed by atoms with van der Waals surface area (Å²) >= 11 is 0. The van der Waals surface area contributed by atoms with Crippen molar-refractivity contribution in [2.75, 3.05) is 0 Å². The Morgan fingerprint density at radius 2 is 1.83 bits per heavy atom. The Balaban J connectivity index is 1.72. The minimum Gasteiger partial charge on any atom is -0.331 e. The number of hydrogen-bond donors (Lipinski definition) is 1. The van der Waals surface area contributed by atoms with Gasteiger partial charge < -0.3 is 4.57 Å². The van der Waals surface area contributed by atoms with Crippen molar-refractivity contribution >= 4 is 21.1 Å². The first kappa shape index (κ1) is 15.7. The summed E-state index contributed by atoms with van der Waals surface area (Å²) in [4.78, 5) is 4.47.